The summed E-state index contributed by atoms with van der Waals surface area (Å²) in [6.45, 7) is 9.29. The highest BCUT2D eigenvalue weighted by molar-refractivity contribution is 6.30. The molecule has 0 unspecified atom stereocenters. The van der Waals surface area contributed by atoms with Crippen molar-refractivity contribution in [3.05, 3.63) is 29.3 Å². The third-order valence-corrected chi connectivity index (χ3v) is 3.75. The van der Waals surface area contributed by atoms with Gasteiger partial charge < -0.3 is 9.64 Å². The molecular weight excluding hydrogens is 260 g/mol. The quantitative estimate of drug-likeness (QED) is 0.746. The van der Waals surface area contributed by atoms with Crippen molar-refractivity contribution in [2.24, 2.45) is 0 Å². The van der Waals surface area contributed by atoms with Crippen molar-refractivity contribution in [1.29, 1.82) is 0 Å². The van der Waals surface area contributed by atoms with Crippen molar-refractivity contribution in [1.82, 2.24) is 4.90 Å². The van der Waals surface area contributed by atoms with Gasteiger partial charge in [-0.1, -0.05) is 17.7 Å². The summed E-state index contributed by atoms with van der Waals surface area (Å²) in [5, 5.41) is 0.816. The first-order chi connectivity index (χ1) is 9.29. The molecule has 1 heterocycles. The summed E-state index contributed by atoms with van der Waals surface area (Å²) in [6.07, 6.45) is 1.13. The number of hydrogen-bond acceptors (Lipinski definition) is 3. The van der Waals surface area contributed by atoms with E-state index in [1.165, 1.54) is 5.69 Å². The second kappa shape index (κ2) is 7.73. The van der Waals surface area contributed by atoms with Gasteiger partial charge in [0.15, 0.2) is 0 Å². The van der Waals surface area contributed by atoms with Crippen LogP contribution >= 0.6 is 11.6 Å². The molecule has 1 aromatic rings. The van der Waals surface area contributed by atoms with Gasteiger partial charge in [-0.15, -0.1) is 0 Å². The Morgan fingerprint density at radius 3 is 2.68 bits per heavy atom. The minimum Gasteiger partial charge on any atom is -0.382 e. The third-order valence-electron chi connectivity index (χ3n) is 3.51. The molecule has 0 bridgehead atoms. The molecular formula is C15H23ClN2O. The maximum atomic E-state index is 6.04. The van der Waals surface area contributed by atoms with E-state index in [-0.39, 0.29) is 0 Å². The van der Waals surface area contributed by atoms with Crippen molar-refractivity contribution >= 4 is 17.3 Å². The first kappa shape index (κ1) is 14.6. The van der Waals surface area contributed by atoms with E-state index in [9.17, 15) is 0 Å². The van der Waals surface area contributed by atoms with Crippen LogP contribution in [-0.2, 0) is 4.74 Å². The van der Waals surface area contributed by atoms with Crippen molar-refractivity contribution in [3.8, 4) is 0 Å². The molecule has 19 heavy (non-hydrogen) atoms. The minimum absolute atomic E-state index is 0.816. The summed E-state index contributed by atoms with van der Waals surface area (Å²) < 4.78 is 5.38. The van der Waals surface area contributed by atoms with E-state index in [0.29, 0.717) is 0 Å². The first-order valence-electron chi connectivity index (χ1n) is 7.10. The van der Waals surface area contributed by atoms with E-state index in [4.69, 9.17) is 16.3 Å². The van der Waals surface area contributed by atoms with E-state index in [0.717, 1.165) is 57.4 Å². The van der Waals surface area contributed by atoms with E-state index < -0.39 is 0 Å². The SMILES string of the molecule is CCOCCCN1CCN(c2cccc(Cl)c2)CC1. The molecule has 1 aromatic carbocycles. The lowest BCUT2D eigenvalue weighted by Gasteiger charge is -2.36. The summed E-state index contributed by atoms with van der Waals surface area (Å²) in [5.41, 5.74) is 1.24. The van der Waals surface area contributed by atoms with Crippen molar-refractivity contribution in [2.75, 3.05) is 50.8 Å². The van der Waals surface area contributed by atoms with Gasteiger partial charge in [-0.25, -0.2) is 0 Å². The van der Waals surface area contributed by atoms with Crippen molar-refractivity contribution in [3.63, 3.8) is 0 Å². The standard InChI is InChI=1S/C15H23ClN2O/c1-2-19-12-4-7-17-8-10-18(11-9-17)15-6-3-5-14(16)13-15/h3,5-6,13H,2,4,7-12H2,1H3. The average molecular weight is 283 g/mol. The molecule has 1 saturated heterocycles. The number of rotatable bonds is 6. The zero-order chi connectivity index (χ0) is 13.5. The largest absolute Gasteiger partial charge is 0.382 e. The van der Waals surface area contributed by atoms with Gasteiger partial charge in [-0.2, -0.15) is 0 Å². The predicted molar refractivity (Wildman–Crippen MR) is 81.2 cm³/mol. The molecule has 0 aromatic heterocycles. The summed E-state index contributed by atoms with van der Waals surface area (Å²) in [5.74, 6) is 0. The maximum Gasteiger partial charge on any atom is 0.0478 e. The summed E-state index contributed by atoms with van der Waals surface area (Å²) in [7, 11) is 0. The van der Waals surface area contributed by atoms with Crippen LogP contribution in [0.3, 0.4) is 0 Å². The lowest BCUT2D eigenvalue weighted by atomic mass is 10.2. The summed E-state index contributed by atoms with van der Waals surface area (Å²) in [4.78, 5) is 4.92. The van der Waals surface area contributed by atoms with Gasteiger partial charge in [-0.05, 0) is 31.5 Å². The lowest BCUT2D eigenvalue weighted by molar-refractivity contribution is 0.130. The molecule has 4 heteroatoms. The molecule has 0 N–H and O–H groups in total. The first-order valence-corrected chi connectivity index (χ1v) is 7.48. The second-order valence-electron chi connectivity index (χ2n) is 4.86. The molecule has 106 valence electrons. The van der Waals surface area contributed by atoms with Crippen molar-refractivity contribution in [2.45, 2.75) is 13.3 Å². The van der Waals surface area contributed by atoms with Crippen LogP contribution in [-0.4, -0.2) is 50.8 Å². The molecule has 0 amide bonds. The van der Waals surface area contributed by atoms with Gasteiger partial charge in [0.25, 0.3) is 0 Å². The smallest absolute Gasteiger partial charge is 0.0478 e. The van der Waals surface area contributed by atoms with Crippen LogP contribution in [0.4, 0.5) is 5.69 Å². The van der Waals surface area contributed by atoms with E-state index in [1.54, 1.807) is 0 Å². The molecule has 0 aliphatic carbocycles. The Bertz CT molecular complexity index is 378. The van der Waals surface area contributed by atoms with Gasteiger partial charge in [0, 0.05) is 56.6 Å². The van der Waals surface area contributed by atoms with Gasteiger partial charge in [0.1, 0.15) is 0 Å². The Labute approximate surface area is 121 Å². The number of halogens is 1. The fourth-order valence-electron chi connectivity index (χ4n) is 2.44. The molecule has 1 aliphatic heterocycles. The monoisotopic (exact) mass is 282 g/mol. The fraction of sp³-hybridized carbons (Fsp3) is 0.600. The van der Waals surface area contributed by atoms with Crippen LogP contribution in [0, 0.1) is 0 Å². The Kier molecular flexibility index (Phi) is 5.95. The molecule has 3 nitrogen and oxygen atoms in total. The summed E-state index contributed by atoms with van der Waals surface area (Å²) >= 11 is 6.04. The van der Waals surface area contributed by atoms with Crippen LogP contribution in [0.25, 0.3) is 0 Å². The molecule has 1 aliphatic rings. The van der Waals surface area contributed by atoms with Crippen LogP contribution < -0.4 is 4.90 Å². The average Bonchev–Trinajstić information content (AvgIpc) is 2.44. The fourth-order valence-corrected chi connectivity index (χ4v) is 2.62. The van der Waals surface area contributed by atoms with Crippen LogP contribution in [0.2, 0.25) is 5.02 Å². The number of ether oxygens (including phenoxy) is 1. The van der Waals surface area contributed by atoms with Crippen molar-refractivity contribution < 1.29 is 4.74 Å². The van der Waals surface area contributed by atoms with Crippen LogP contribution in [0.5, 0.6) is 0 Å². The number of nitrogens with zero attached hydrogens (tertiary/aromatic N) is 2. The Morgan fingerprint density at radius 2 is 2.00 bits per heavy atom. The molecule has 2 rings (SSSR count). The molecule has 0 spiro atoms. The van der Waals surface area contributed by atoms with Gasteiger partial charge in [0.2, 0.25) is 0 Å². The highest BCUT2D eigenvalue weighted by Crippen LogP contribution is 2.20. The molecule has 0 saturated carbocycles. The topological polar surface area (TPSA) is 15.7 Å². The second-order valence-corrected chi connectivity index (χ2v) is 5.30. The van der Waals surface area contributed by atoms with Gasteiger partial charge in [0.05, 0.1) is 0 Å². The van der Waals surface area contributed by atoms with E-state index in [1.807, 2.05) is 25.1 Å². The highest BCUT2D eigenvalue weighted by Gasteiger charge is 2.16. The number of hydrogen-bond donors (Lipinski definition) is 0. The normalized spacial score (nSPS) is 16.8. The van der Waals surface area contributed by atoms with Gasteiger partial charge in [-0.3, -0.25) is 4.90 Å². The highest BCUT2D eigenvalue weighted by atomic mass is 35.5. The zero-order valence-electron chi connectivity index (χ0n) is 11.6. The maximum absolute atomic E-state index is 6.04. The van der Waals surface area contributed by atoms with Crippen LogP contribution in [0.1, 0.15) is 13.3 Å². The Morgan fingerprint density at radius 1 is 1.21 bits per heavy atom. The molecule has 0 atom stereocenters. The Balaban J connectivity index is 1.73. The van der Waals surface area contributed by atoms with E-state index in [2.05, 4.69) is 15.9 Å². The predicted octanol–water partition coefficient (Wildman–Crippen LogP) is 2.89. The third kappa shape index (κ3) is 4.68. The number of anilines is 1. The summed E-state index contributed by atoms with van der Waals surface area (Å²) in [6, 6.07) is 8.13. The number of benzene rings is 1. The molecule has 1 fully saturated rings. The van der Waals surface area contributed by atoms with Crippen LogP contribution in [0.15, 0.2) is 24.3 Å². The zero-order valence-corrected chi connectivity index (χ0v) is 12.4. The molecule has 0 radical (unpaired) electrons. The number of piperazine rings is 1. The Hall–Kier alpha value is -0.770. The lowest BCUT2D eigenvalue weighted by Crippen LogP contribution is -2.46. The minimum atomic E-state index is 0.816. The van der Waals surface area contributed by atoms with E-state index >= 15 is 0 Å². The van der Waals surface area contributed by atoms with Gasteiger partial charge >= 0.3 is 0 Å².